The second kappa shape index (κ2) is 5.48. The SMILES string of the molecule is CC(C)NCCC(C)N1CC2CCC(C1)O2. The summed E-state index contributed by atoms with van der Waals surface area (Å²) in [6.07, 6.45) is 4.85. The van der Waals surface area contributed by atoms with Crippen LogP contribution in [0.2, 0.25) is 0 Å². The van der Waals surface area contributed by atoms with Crippen molar-refractivity contribution in [2.45, 2.75) is 64.3 Å². The molecule has 0 aromatic carbocycles. The Kier molecular flexibility index (Phi) is 4.22. The van der Waals surface area contributed by atoms with E-state index in [1.807, 2.05) is 0 Å². The van der Waals surface area contributed by atoms with E-state index in [0.29, 0.717) is 24.3 Å². The van der Waals surface area contributed by atoms with E-state index >= 15 is 0 Å². The molecule has 0 amide bonds. The second-order valence-corrected chi connectivity index (χ2v) is 5.66. The Hall–Kier alpha value is -0.120. The van der Waals surface area contributed by atoms with Crippen LogP contribution in [0.4, 0.5) is 0 Å². The Morgan fingerprint density at radius 3 is 2.38 bits per heavy atom. The van der Waals surface area contributed by atoms with Gasteiger partial charge in [-0.2, -0.15) is 0 Å². The van der Waals surface area contributed by atoms with E-state index in [2.05, 4.69) is 31.0 Å². The molecule has 0 radical (unpaired) electrons. The fourth-order valence-corrected chi connectivity index (χ4v) is 2.77. The van der Waals surface area contributed by atoms with Crippen LogP contribution in [0.5, 0.6) is 0 Å². The van der Waals surface area contributed by atoms with E-state index in [0.717, 1.165) is 19.6 Å². The summed E-state index contributed by atoms with van der Waals surface area (Å²) in [7, 11) is 0. The van der Waals surface area contributed by atoms with Crippen LogP contribution in [-0.4, -0.2) is 48.8 Å². The maximum atomic E-state index is 5.86. The number of fused-ring (bicyclic) bond motifs is 2. The molecule has 2 aliphatic rings. The second-order valence-electron chi connectivity index (χ2n) is 5.66. The third kappa shape index (κ3) is 3.19. The molecule has 3 unspecified atom stereocenters. The van der Waals surface area contributed by atoms with Crippen LogP contribution in [0.15, 0.2) is 0 Å². The molecule has 16 heavy (non-hydrogen) atoms. The molecular formula is C13H26N2O. The van der Waals surface area contributed by atoms with Crippen molar-refractivity contribution in [2.24, 2.45) is 0 Å². The van der Waals surface area contributed by atoms with E-state index in [9.17, 15) is 0 Å². The van der Waals surface area contributed by atoms with Gasteiger partial charge in [0.15, 0.2) is 0 Å². The minimum absolute atomic E-state index is 0.527. The monoisotopic (exact) mass is 226 g/mol. The molecular weight excluding hydrogens is 200 g/mol. The van der Waals surface area contributed by atoms with Crippen LogP contribution in [0.1, 0.15) is 40.0 Å². The molecule has 2 rings (SSSR count). The first kappa shape index (κ1) is 12.3. The van der Waals surface area contributed by atoms with Crippen LogP contribution < -0.4 is 5.32 Å². The molecule has 0 saturated carbocycles. The lowest BCUT2D eigenvalue weighted by Crippen LogP contribution is -2.47. The third-order valence-corrected chi connectivity index (χ3v) is 3.81. The van der Waals surface area contributed by atoms with Crippen LogP contribution >= 0.6 is 0 Å². The number of ether oxygens (including phenoxy) is 1. The van der Waals surface area contributed by atoms with Crippen LogP contribution in [0, 0.1) is 0 Å². The van der Waals surface area contributed by atoms with E-state index < -0.39 is 0 Å². The molecule has 3 nitrogen and oxygen atoms in total. The minimum atomic E-state index is 0.527. The summed E-state index contributed by atoms with van der Waals surface area (Å²) in [5, 5.41) is 3.50. The lowest BCUT2D eigenvalue weighted by atomic mass is 10.1. The van der Waals surface area contributed by atoms with Gasteiger partial charge in [-0.05, 0) is 32.7 Å². The van der Waals surface area contributed by atoms with Crippen molar-refractivity contribution in [1.29, 1.82) is 0 Å². The van der Waals surface area contributed by atoms with E-state index in [1.165, 1.54) is 19.3 Å². The predicted octanol–water partition coefficient (Wildman–Crippen LogP) is 1.63. The van der Waals surface area contributed by atoms with Gasteiger partial charge in [0.25, 0.3) is 0 Å². The molecule has 2 bridgehead atoms. The number of likely N-dealkylation sites (tertiary alicyclic amines) is 1. The van der Waals surface area contributed by atoms with Gasteiger partial charge < -0.3 is 10.1 Å². The van der Waals surface area contributed by atoms with E-state index in [1.54, 1.807) is 0 Å². The summed E-state index contributed by atoms with van der Waals surface area (Å²) >= 11 is 0. The molecule has 1 N–H and O–H groups in total. The maximum absolute atomic E-state index is 5.86. The van der Waals surface area contributed by atoms with Crippen LogP contribution in [0.3, 0.4) is 0 Å². The van der Waals surface area contributed by atoms with Crippen molar-refractivity contribution in [1.82, 2.24) is 10.2 Å². The van der Waals surface area contributed by atoms with Gasteiger partial charge in [0.2, 0.25) is 0 Å². The quantitative estimate of drug-likeness (QED) is 0.771. The standard InChI is InChI=1S/C13H26N2O/c1-10(2)14-7-6-11(3)15-8-12-4-5-13(9-15)16-12/h10-14H,4-9H2,1-3H3. The first-order valence-electron chi connectivity index (χ1n) is 6.78. The number of nitrogens with one attached hydrogen (secondary N) is 1. The number of nitrogens with zero attached hydrogens (tertiary/aromatic N) is 1. The summed E-state index contributed by atoms with van der Waals surface area (Å²) in [4.78, 5) is 2.62. The predicted molar refractivity (Wildman–Crippen MR) is 66.7 cm³/mol. The van der Waals surface area contributed by atoms with Crippen molar-refractivity contribution in [3.05, 3.63) is 0 Å². The van der Waals surface area contributed by atoms with Gasteiger partial charge >= 0.3 is 0 Å². The zero-order valence-corrected chi connectivity index (χ0v) is 10.9. The first-order chi connectivity index (χ1) is 7.65. The lowest BCUT2D eigenvalue weighted by Gasteiger charge is -2.36. The van der Waals surface area contributed by atoms with Gasteiger partial charge in [0.05, 0.1) is 12.2 Å². The highest BCUT2D eigenvalue weighted by Crippen LogP contribution is 2.27. The molecule has 2 saturated heterocycles. The maximum Gasteiger partial charge on any atom is 0.0707 e. The first-order valence-corrected chi connectivity index (χ1v) is 6.78. The summed E-state index contributed by atoms with van der Waals surface area (Å²) in [6.45, 7) is 10.2. The Morgan fingerprint density at radius 2 is 1.81 bits per heavy atom. The van der Waals surface area contributed by atoms with Gasteiger partial charge in [0.1, 0.15) is 0 Å². The molecule has 3 atom stereocenters. The molecule has 0 aromatic rings. The fourth-order valence-electron chi connectivity index (χ4n) is 2.77. The Balaban J connectivity index is 1.70. The average Bonchev–Trinajstić information content (AvgIpc) is 2.57. The molecule has 0 aromatic heterocycles. The topological polar surface area (TPSA) is 24.5 Å². The molecule has 0 spiro atoms. The summed E-state index contributed by atoms with van der Waals surface area (Å²) in [5.41, 5.74) is 0. The number of hydrogen-bond acceptors (Lipinski definition) is 3. The van der Waals surface area contributed by atoms with Gasteiger partial charge in [-0.25, -0.2) is 0 Å². The minimum Gasteiger partial charge on any atom is -0.372 e. The highest BCUT2D eigenvalue weighted by atomic mass is 16.5. The van der Waals surface area contributed by atoms with Gasteiger partial charge in [-0.15, -0.1) is 0 Å². The van der Waals surface area contributed by atoms with Gasteiger partial charge in [-0.3, -0.25) is 4.90 Å². The molecule has 0 aliphatic carbocycles. The Labute approximate surface area is 99.5 Å². The normalized spacial score (nSPS) is 32.2. The molecule has 2 heterocycles. The zero-order chi connectivity index (χ0) is 11.5. The van der Waals surface area contributed by atoms with Crippen LogP contribution in [0.25, 0.3) is 0 Å². The lowest BCUT2D eigenvalue weighted by molar-refractivity contribution is -0.0512. The summed E-state index contributed by atoms with van der Waals surface area (Å²) < 4.78 is 5.86. The molecule has 2 fully saturated rings. The summed E-state index contributed by atoms with van der Waals surface area (Å²) in [5.74, 6) is 0. The zero-order valence-electron chi connectivity index (χ0n) is 10.9. The van der Waals surface area contributed by atoms with Crippen molar-refractivity contribution >= 4 is 0 Å². The van der Waals surface area contributed by atoms with Gasteiger partial charge in [-0.1, -0.05) is 13.8 Å². The Bertz CT molecular complexity index is 208. The third-order valence-electron chi connectivity index (χ3n) is 3.81. The highest BCUT2D eigenvalue weighted by Gasteiger charge is 2.35. The number of morpholine rings is 1. The average molecular weight is 226 g/mol. The van der Waals surface area contributed by atoms with Crippen molar-refractivity contribution in [3.63, 3.8) is 0 Å². The van der Waals surface area contributed by atoms with Gasteiger partial charge in [0, 0.05) is 25.2 Å². The Morgan fingerprint density at radius 1 is 1.19 bits per heavy atom. The van der Waals surface area contributed by atoms with Crippen LogP contribution in [-0.2, 0) is 4.74 Å². The smallest absolute Gasteiger partial charge is 0.0707 e. The molecule has 2 aliphatic heterocycles. The fraction of sp³-hybridized carbons (Fsp3) is 1.00. The summed E-state index contributed by atoms with van der Waals surface area (Å²) in [6, 6.07) is 1.30. The number of rotatable bonds is 5. The molecule has 3 heteroatoms. The highest BCUT2D eigenvalue weighted by molar-refractivity contribution is 4.87. The number of hydrogen-bond donors (Lipinski definition) is 1. The van der Waals surface area contributed by atoms with Crippen molar-refractivity contribution in [2.75, 3.05) is 19.6 Å². The van der Waals surface area contributed by atoms with E-state index in [-0.39, 0.29) is 0 Å². The van der Waals surface area contributed by atoms with Crippen molar-refractivity contribution in [3.8, 4) is 0 Å². The largest absolute Gasteiger partial charge is 0.372 e. The van der Waals surface area contributed by atoms with Crippen molar-refractivity contribution < 1.29 is 4.74 Å². The van der Waals surface area contributed by atoms with E-state index in [4.69, 9.17) is 4.74 Å². The molecule has 94 valence electrons.